The summed E-state index contributed by atoms with van der Waals surface area (Å²) in [6.45, 7) is 4.38. The molecule has 1 fully saturated rings. The van der Waals surface area contributed by atoms with Gasteiger partial charge in [0.25, 0.3) is 5.91 Å². The van der Waals surface area contributed by atoms with Crippen LogP contribution in [-0.2, 0) is 26.4 Å². The molecule has 5 rings (SSSR count). The lowest BCUT2D eigenvalue weighted by Gasteiger charge is -2.21. The molecule has 0 radical (unpaired) electrons. The molecule has 0 atom stereocenters. The number of rotatable bonds is 3. The van der Waals surface area contributed by atoms with Gasteiger partial charge in [-0.25, -0.2) is 9.50 Å². The fourth-order valence-corrected chi connectivity index (χ4v) is 5.57. The van der Waals surface area contributed by atoms with Crippen LogP contribution in [-0.4, -0.2) is 61.1 Å². The molecule has 0 saturated carbocycles. The highest BCUT2D eigenvalue weighted by Crippen LogP contribution is 2.27. The van der Waals surface area contributed by atoms with E-state index < -0.39 is 0 Å². The zero-order valence-electron chi connectivity index (χ0n) is 16.3. The van der Waals surface area contributed by atoms with E-state index in [4.69, 9.17) is 4.98 Å². The van der Waals surface area contributed by atoms with Crippen LogP contribution in [0, 0.1) is 0 Å². The number of imidazole rings is 1. The Labute approximate surface area is 168 Å². The van der Waals surface area contributed by atoms with E-state index in [1.54, 1.807) is 10.7 Å². The summed E-state index contributed by atoms with van der Waals surface area (Å²) in [5, 5.41) is 5.56. The number of hydrogen-bond acceptors (Lipinski definition) is 5. The summed E-state index contributed by atoms with van der Waals surface area (Å²) >= 11 is 1.90. The van der Waals surface area contributed by atoms with Crippen molar-refractivity contribution in [1.29, 1.82) is 0 Å². The first kappa shape index (κ1) is 17.9. The van der Waals surface area contributed by atoms with Gasteiger partial charge in [0.15, 0.2) is 0 Å². The second kappa shape index (κ2) is 7.33. The molecule has 8 heteroatoms. The Balaban J connectivity index is 1.26. The minimum Gasteiger partial charge on any atom is -0.337 e. The summed E-state index contributed by atoms with van der Waals surface area (Å²) in [7, 11) is 1.95. The lowest BCUT2D eigenvalue weighted by atomic mass is 10.0. The zero-order valence-corrected chi connectivity index (χ0v) is 17.1. The fourth-order valence-electron chi connectivity index (χ4n) is 4.37. The van der Waals surface area contributed by atoms with Crippen molar-refractivity contribution < 1.29 is 4.79 Å². The highest BCUT2D eigenvalue weighted by Gasteiger charge is 2.25. The maximum absolute atomic E-state index is 13.1. The van der Waals surface area contributed by atoms with Crippen LogP contribution >= 0.6 is 11.3 Å². The standard InChI is InChI=1S/C20H26N6OS/c1-23-9-12-26-19(23)15(13-21-26)20(27)25-8-4-7-24(10-11-25)14-18-22-16-5-2-3-6-17(16)28-18/h9,12-13H,2-8,10-11,14H2,1H3. The zero-order chi connectivity index (χ0) is 19.1. The first-order valence-corrected chi connectivity index (χ1v) is 11.0. The molecule has 1 aliphatic heterocycles. The van der Waals surface area contributed by atoms with Crippen LogP contribution in [0.1, 0.15) is 45.2 Å². The quantitative estimate of drug-likeness (QED) is 0.680. The molecule has 0 unspecified atom stereocenters. The van der Waals surface area contributed by atoms with E-state index in [1.807, 2.05) is 40.2 Å². The highest BCUT2D eigenvalue weighted by molar-refractivity contribution is 7.11. The Morgan fingerprint density at radius 2 is 2.00 bits per heavy atom. The van der Waals surface area contributed by atoms with Gasteiger partial charge in [0, 0.05) is 50.5 Å². The maximum atomic E-state index is 13.1. The van der Waals surface area contributed by atoms with Gasteiger partial charge in [-0.05, 0) is 32.1 Å². The molecule has 4 heterocycles. The lowest BCUT2D eigenvalue weighted by molar-refractivity contribution is 0.0762. The first-order valence-electron chi connectivity index (χ1n) is 10.2. The van der Waals surface area contributed by atoms with E-state index in [0.717, 1.165) is 51.2 Å². The van der Waals surface area contributed by atoms with Gasteiger partial charge < -0.3 is 9.47 Å². The van der Waals surface area contributed by atoms with Gasteiger partial charge in [-0.1, -0.05) is 0 Å². The molecule has 7 nitrogen and oxygen atoms in total. The van der Waals surface area contributed by atoms with Gasteiger partial charge in [-0.2, -0.15) is 5.10 Å². The first-order chi connectivity index (χ1) is 13.7. The summed E-state index contributed by atoms with van der Waals surface area (Å²) in [6.07, 6.45) is 11.4. The predicted octanol–water partition coefficient (Wildman–Crippen LogP) is 2.36. The second-order valence-electron chi connectivity index (χ2n) is 7.84. The maximum Gasteiger partial charge on any atom is 0.259 e. The van der Waals surface area contributed by atoms with Gasteiger partial charge >= 0.3 is 0 Å². The Bertz CT molecular complexity index is 978. The van der Waals surface area contributed by atoms with Gasteiger partial charge in [0.2, 0.25) is 0 Å². The molecule has 0 aromatic carbocycles. The predicted molar refractivity (Wildman–Crippen MR) is 109 cm³/mol. The molecular weight excluding hydrogens is 372 g/mol. The number of aromatic nitrogens is 4. The molecule has 3 aromatic heterocycles. The summed E-state index contributed by atoms with van der Waals surface area (Å²) in [4.78, 5) is 23.9. The van der Waals surface area contributed by atoms with Crippen LogP contribution in [0.2, 0.25) is 0 Å². The highest BCUT2D eigenvalue weighted by atomic mass is 32.1. The molecule has 148 valence electrons. The monoisotopic (exact) mass is 398 g/mol. The van der Waals surface area contributed by atoms with Crippen molar-refractivity contribution >= 4 is 22.9 Å². The van der Waals surface area contributed by atoms with E-state index in [1.165, 1.54) is 34.8 Å². The van der Waals surface area contributed by atoms with Crippen LogP contribution in [0.4, 0.5) is 0 Å². The van der Waals surface area contributed by atoms with Crippen LogP contribution in [0.3, 0.4) is 0 Å². The Morgan fingerprint density at radius 1 is 1.11 bits per heavy atom. The normalized spacial score (nSPS) is 18.4. The molecule has 3 aromatic rings. The van der Waals surface area contributed by atoms with Crippen molar-refractivity contribution in [3.8, 4) is 0 Å². The van der Waals surface area contributed by atoms with Crippen LogP contribution in [0.15, 0.2) is 18.6 Å². The average molecular weight is 399 g/mol. The number of carbonyl (C=O) groups excluding carboxylic acids is 1. The molecule has 28 heavy (non-hydrogen) atoms. The molecule has 1 amide bonds. The van der Waals surface area contributed by atoms with Crippen LogP contribution < -0.4 is 0 Å². The number of fused-ring (bicyclic) bond motifs is 2. The molecule has 1 aliphatic carbocycles. The summed E-state index contributed by atoms with van der Waals surface area (Å²) < 4.78 is 3.72. The van der Waals surface area contributed by atoms with Crippen molar-refractivity contribution in [3.05, 3.63) is 39.7 Å². The van der Waals surface area contributed by atoms with E-state index in [9.17, 15) is 4.79 Å². The topological polar surface area (TPSA) is 58.7 Å². The van der Waals surface area contributed by atoms with Crippen molar-refractivity contribution in [3.63, 3.8) is 0 Å². The van der Waals surface area contributed by atoms with Crippen molar-refractivity contribution in [2.45, 2.75) is 38.6 Å². The third kappa shape index (κ3) is 3.24. The van der Waals surface area contributed by atoms with Gasteiger partial charge in [0.05, 0.1) is 18.4 Å². The molecular formula is C20H26N6OS. The lowest BCUT2D eigenvalue weighted by Crippen LogP contribution is -2.35. The van der Waals surface area contributed by atoms with Crippen molar-refractivity contribution in [1.82, 2.24) is 29.0 Å². The minimum absolute atomic E-state index is 0.0864. The third-order valence-corrected chi connectivity index (χ3v) is 7.03. The molecule has 0 spiro atoms. The smallest absolute Gasteiger partial charge is 0.259 e. The van der Waals surface area contributed by atoms with E-state index >= 15 is 0 Å². The minimum atomic E-state index is 0.0864. The van der Waals surface area contributed by atoms with E-state index in [2.05, 4.69) is 10.00 Å². The number of carbonyl (C=O) groups is 1. The van der Waals surface area contributed by atoms with E-state index in [0.29, 0.717) is 5.56 Å². The third-order valence-electron chi connectivity index (χ3n) is 5.89. The Hall–Kier alpha value is -2.19. The molecule has 2 aliphatic rings. The van der Waals surface area contributed by atoms with Gasteiger partial charge in [0.1, 0.15) is 16.2 Å². The number of amides is 1. The Morgan fingerprint density at radius 3 is 2.89 bits per heavy atom. The largest absolute Gasteiger partial charge is 0.337 e. The molecule has 1 saturated heterocycles. The number of nitrogens with zero attached hydrogens (tertiary/aromatic N) is 6. The van der Waals surface area contributed by atoms with Crippen LogP contribution in [0.5, 0.6) is 0 Å². The molecule has 0 bridgehead atoms. The van der Waals surface area contributed by atoms with Gasteiger partial charge in [-0.15, -0.1) is 11.3 Å². The van der Waals surface area contributed by atoms with E-state index in [-0.39, 0.29) is 5.91 Å². The summed E-state index contributed by atoms with van der Waals surface area (Å²) in [5.41, 5.74) is 2.89. The Kier molecular flexibility index (Phi) is 4.68. The average Bonchev–Trinajstić information content (AvgIpc) is 3.34. The van der Waals surface area contributed by atoms with Crippen molar-refractivity contribution in [2.24, 2.45) is 7.05 Å². The fraction of sp³-hybridized carbons (Fsp3) is 0.550. The number of aryl methyl sites for hydroxylation is 3. The van der Waals surface area contributed by atoms with Gasteiger partial charge in [-0.3, -0.25) is 9.69 Å². The summed E-state index contributed by atoms with van der Waals surface area (Å²) in [5.74, 6) is 0.0864. The SMILES string of the molecule is Cn1ccn2ncc(C(=O)N3CCCN(Cc4nc5c(s4)CCCC5)CC3)c12. The summed E-state index contributed by atoms with van der Waals surface area (Å²) in [6, 6.07) is 0. The van der Waals surface area contributed by atoms with Crippen LogP contribution in [0.25, 0.3) is 5.65 Å². The number of thiazole rings is 1. The molecule has 0 N–H and O–H groups in total. The number of hydrogen-bond donors (Lipinski definition) is 0. The second-order valence-corrected chi connectivity index (χ2v) is 9.01. The van der Waals surface area contributed by atoms with Crippen molar-refractivity contribution in [2.75, 3.05) is 26.2 Å².